The minimum atomic E-state index is -3.66. The molecule has 40 heavy (non-hydrogen) atoms. The molecule has 0 aliphatic carbocycles. The van der Waals surface area contributed by atoms with Gasteiger partial charge in [0.1, 0.15) is 11.6 Å². The number of hydrazine groups is 1. The van der Waals surface area contributed by atoms with Gasteiger partial charge in [0.15, 0.2) is 5.69 Å². The fraction of sp³-hybridized carbons (Fsp3) is 0.360. The van der Waals surface area contributed by atoms with Crippen LogP contribution in [0.5, 0.6) is 5.75 Å². The first kappa shape index (κ1) is 31.1. The Morgan fingerprint density at radius 2 is 1.73 bits per heavy atom. The number of aromatic nitrogens is 2. The summed E-state index contributed by atoms with van der Waals surface area (Å²) < 4.78 is 31.1. The van der Waals surface area contributed by atoms with Gasteiger partial charge in [-0.05, 0) is 68.7 Å². The fourth-order valence-corrected chi connectivity index (χ4v) is 5.66. The van der Waals surface area contributed by atoms with E-state index in [0.29, 0.717) is 39.2 Å². The molecule has 1 saturated heterocycles. The molecule has 1 amide bonds. The van der Waals surface area contributed by atoms with E-state index in [-0.39, 0.29) is 23.1 Å². The number of carbonyl (C=O) groups excluding carboxylic acids is 1. The summed E-state index contributed by atoms with van der Waals surface area (Å²) in [4.78, 5) is 26.1. The van der Waals surface area contributed by atoms with Crippen molar-refractivity contribution in [2.45, 2.75) is 39.5 Å². The van der Waals surface area contributed by atoms with Gasteiger partial charge in [0.05, 0.1) is 21.6 Å². The first-order chi connectivity index (χ1) is 18.9. The maximum Gasteiger partial charge on any atom is 0.309 e. The van der Waals surface area contributed by atoms with Crippen LogP contribution in [0, 0.1) is 22.2 Å². The molecule has 0 bridgehead atoms. The Balaban J connectivity index is 0.00000103. The van der Waals surface area contributed by atoms with E-state index in [1.807, 2.05) is 16.5 Å². The predicted octanol–water partition coefficient (Wildman–Crippen LogP) is 5.16. The van der Waals surface area contributed by atoms with Gasteiger partial charge < -0.3 is 19.5 Å². The van der Waals surface area contributed by atoms with E-state index < -0.39 is 15.2 Å². The topological polar surface area (TPSA) is 160 Å². The molecule has 2 aromatic carbocycles. The number of nitrogens with one attached hydrogen (secondary N) is 1. The van der Waals surface area contributed by atoms with E-state index in [1.165, 1.54) is 0 Å². The highest BCUT2D eigenvalue weighted by molar-refractivity contribution is 7.87. The van der Waals surface area contributed by atoms with Crippen molar-refractivity contribution < 1.29 is 22.5 Å². The second kappa shape index (κ2) is 13.8. The monoisotopic (exact) mass is 612 g/mol. The molecule has 0 saturated carbocycles. The van der Waals surface area contributed by atoms with Gasteiger partial charge >= 0.3 is 10.1 Å². The summed E-state index contributed by atoms with van der Waals surface area (Å²) in [5.41, 5.74) is 5.12. The molecule has 1 fully saturated rings. The third-order valence-electron chi connectivity index (χ3n) is 5.88. The van der Waals surface area contributed by atoms with Crippen LogP contribution in [0.3, 0.4) is 0 Å². The van der Waals surface area contributed by atoms with Crippen LogP contribution in [-0.2, 0) is 10.1 Å². The summed E-state index contributed by atoms with van der Waals surface area (Å²) >= 11 is 12.6. The van der Waals surface area contributed by atoms with Crippen molar-refractivity contribution in [3.05, 3.63) is 79.2 Å². The molecule has 2 heterocycles. The molecule has 0 radical (unpaired) electrons. The normalized spacial score (nSPS) is 13.7. The van der Waals surface area contributed by atoms with Crippen molar-refractivity contribution in [1.29, 1.82) is 0 Å². The lowest BCUT2D eigenvalue weighted by atomic mass is 10.2. The Bertz CT molecular complexity index is 1450. The number of halogens is 2. The number of hydrogen-bond donors (Lipinski definition) is 1. The van der Waals surface area contributed by atoms with Gasteiger partial charge in [0.25, 0.3) is 5.91 Å². The average molecular weight is 614 g/mol. The van der Waals surface area contributed by atoms with Crippen LogP contribution in [0.25, 0.3) is 17.1 Å². The largest absolute Gasteiger partial charge is 0.382 e. The molecule has 1 N–H and O–H groups in total. The molecule has 1 aliphatic rings. The quantitative estimate of drug-likeness (QED) is 0.206. The molecule has 1 aromatic heterocycles. The van der Waals surface area contributed by atoms with Gasteiger partial charge in [-0.25, -0.2) is 9.99 Å². The van der Waals surface area contributed by atoms with Crippen LogP contribution >= 0.6 is 23.2 Å². The molecule has 0 unspecified atom stereocenters. The predicted molar refractivity (Wildman–Crippen MR) is 152 cm³/mol. The molecule has 0 spiro atoms. The minimum absolute atomic E-state index is 0.0654. The van der Waals surface area contributed by atoms with Crippen molar-refractivity contribution in [2.75, 3.05) is 18.8 Å². The average Bonchev–Trinajstić information content (AvgIpc) is 3.21. The number of amides is 1. The smallest absolute Gasteiger partial charge is 0.309 e. The summed E-state index contributed by atoms with van der Waals surface area (Å²) in [6.07, 6.45) is 3.67. The molecule has 0 atom stereocenters. The number of benzene rings is 2. The zero-order chi connectivity index (χ0) is 29.4. The third kappa shape index (κ3) is 8.31. The van der Waals surface area contributed by atoms with E-state index >= 15 is 0 Å². The maximum atomic E-state index is 13.2. The Morgan fingerprint density at radius 1 is 1.10 bits per heavy atom. The summed E-state index contributed by atoms with van der Waals surface area (Å²) in [7, 11) is -3.66. The Morgan fingerprint density at radius 3 is 2.30 bits per heavy atom. The Labute approximate surface area is 241 Å². The van der Waals surface area contributed by atoms with Gasteiger partial charge in [-0.1, -0.05) is 36.5 Å². The van der Waals surface area contributed by atoms with Crippen molar-refractivity contribution in [2.24, 2.45) is 0 Å². The highest BCUT2D eigenvalue weighted by Crippen LogP contribution is 2.33. The molecule has 216 valence electrons. The fourth-order valence-electron chi connectivity index (χ4n) is 4.18. The molecular formula is C25H28Cl2N5O7S-. The Kier molecular flexibility index (Phi) is 10.7. The van der Waals surface area contributed by atoms with E-state index in [9.17, 15) is 13.2 Å². The zero-order valence-corrected chi connectivity index (χ0v) is 24.1. The maximum absolute atomic E-state index is 13.2. The van der Waals surface area contributed by atoms with E-state index in [2.05, 4.69) is 10.4 Å². The zero-order valence-electron chi connectivity index (χ0n) is 21.8. The van der Waals surface area contributed by atoms with Crippen LogP contribution in [0.4, 0.5) is 0 Å². The van der Waals surface area contributed by atoms with Crippen molar-refractivity contribution in [3.63, 3.8) is 0 Å². The van der Waals surface area contributed by atoms with E-state index in [0.717, 1.165) is 32.4 Å². The molecule has 12 nitrogen and oxygen atoms in total. The number of hydrogen-bond acceptors (Lipinski definition) is 9. The lowest BCUT2D eigenvalue weighted by molar-refractivity contribution is -0.402. The van der Waals surface area contributed by atoms with Gasteiger partial charge in [-0.3, -0.25) is 14.8 Å². The van der Waals surface area contributed by atoms with Crippen LogP contribution in [0.15, 0.2) is 42.5 Å². The van der Waals surface area contributed by atoms with Crippen LogP contribution < -0.4 is 9.61 Å². The lowest BCUT2D eigenvalue weighted by Crippen LogP contribution is -2.45. The van der Waals surface area contributed by atoms with Gasteiger partial charge in [-0.2, -0.15) is 8.42 Å². The first-order valence-corrected chi connectivity index (χ1v) is 14.7. The minimum Gasteiger partial charge on any atom is -0.382 e. The van der Waals surface area contributed by atoms with Crippen LogP contribution in [-0.4, -0.2) is 52.8 Å². The molecule has 1 aliphatic heterocycles. The van der Waals surface area contributed by atoms with Crippen molar-refractivity contribution in [3.8, 4) is 22.8 Å². The van der Waals surface area contributed by atoms with Crippen molar-refractivity contribution in [1.82, 2.24) is 20.0 Å². The molecule has 3 aromatic rings. The number of nitrogens with zero attached hydrogens (tertiary/aromatic N) is 4. The van der Waals surface area contributed by atoms with Crippen molar-refractivity contribution >= 4 is 39.2 Å². The molecular weight excluding hydrogens is 585 g/mol. The van der Waals surface area contributed by atoms with E-state index in [1.54, 1.807) is 49.4 Å². The summed E-state index contributed by atoms with van der Waals surface area (Å²) in [5.74, 6) is 0.304. The summed E-state index contributed by atoms with van der Waals surface area (Å²) in [6.45, 7) is 5.17. The van der Waals surface area contributed by atoms with Gasteiger partial charge in [0, 0.05) is 29.4 Å². The third-order valence-corrected chi connectivity index (χ3v) is 7.79. The van der Waals surface area contributed by atoms with Crippen LogP contribution in [0.1, 0.15) is 48.8 Å². The summed E-state index contributed by atoms with van der Waals surface area (Å²) in [6, 6.07) is 11.7. The first-order valence-electron chi connectivity index (χ1n) is 12.4. The second-order valence-corrected chi connectivity index (χ2v) is 11.4. The number of piperidine rings is 1. The standard InChI is InChI=1S/C25H28Cl2N4O4S.NO3/c1-3-15-36(33,34)35-20-10-8-19(9-11-20)31-17(2)23(25(32)29-30-13-5-4-6-14-30)28-24(31)21-12-7-18(26)16-22(21)27;2-1(3)4/h7-12,16H,3-6,13-15H2,1-2H3,(H,29,32);/q;-1. The highest BCUT2D eigenvalue weighted by Gasteiger charge is 2.25. The SMILES string of the molecule is CCCS(=O)(=O)Oc1ccc(-n2c(-c3ccc(Cl)cc3Cl)nc(C(=O)NN3CCCCC3)c2C)cc1.O=[N+]([O-])[O-]. The highest BCUT2D eigenvalue weighted by atomic mass is 35.5. The van der Waals surface area contributed by atoms with Gasteiger partial charge in [0.2, 0.25) is 0 Å². The van der Waals surface area contributed by atoms with Crippen LogP contribution in [0.2, 0.25) is 10.0 Å². The lowest BCUT2D eigenvalue weighted by Gasteiger charge is -2.26. The number of imidazole rings is 1. The molecule has 4 rings (SSSR count). The second-order valence-electron chi connectivity index (χ2n) is 8.88. The van der Waals surface area contributed by atoms with Gasteiger partial charge in [-0.15, -0.1) is 0 Å². The Hall–Kier alpha value is -3.39. The number of carbonyl (C=O) groups is 1. The van der Waals surface area contributed by atoms with E-state index in [4.69, 9.17) is 42.7 Å². The summed E-state index contributed by atoms with van der Waals surface area (Å²) in [5, 5.41) is 17.5. The molecule has 15 heteroatoms. The number of rotatable bonds is 8.